The fourth-order valence-electron chi connectivity index (χ4n) is 1.56. The lowest BCUT2D eigenvalue weighted by molar-refractivity contribution is 0.325. The van der Waals surface area contributed by atoms with Crippen molar-refractivity contribution in [3.05, 3.63) is 0 Å². The lowest BCUT2D eigenvalue weighted by Gasteiger charge is -2.27. The van der Waals surface area contributed by atoms with Crippen LogP contribution in [0.15, 0.2) is 0 Å². The molecule has 0 aromatic rings. The van der Waals surface area contributed by atoms with E-state index in [1.54, 1.807) is 0 Å². The zero-order valence-electron chi connectivity index (χ0n) is 8.39. The molecular weight excluding hydrogens is 200 g/mol. The number of rotatable bonds is 4. The van der Waals surface area contributed by atoms with Crippen molar-refractivity contribution < 1.29 is 0 Å². The van der Waals surface area contributed by atoms with Gasteiger partial charge in [-0.25, -0.2) is 0 Å². The molecule has 0 fully saturated rings. The Bertz CT molecular complexity index is 97.0. The van der Waals surface area contributed by atoms with E-state index in [2.05, 4.69) is 50.5 Å². The van der Waals surface area contributed by atoms with Gasteiger partial charge in [0.15, 0.2) is 0 Å². The molecule has 0 amide bonds. The van der Waals surface area contributed by atoms with Gasteiger partial charge in [-0.2, -0.15) is 0 Å². The molecule has 0 heterocycles. The van der Waals surface area contributed by atoms with Gasteiger partial charge in [-0.15, -0.1) is 0 Å². The minimum Gasteiger partial charge on any atom is -0.0885 e. The Morgan fingerprint density at radius 1 is 1.00 bits per heavy atom. The second kappa shape index (κ2) is 5.18. The Kier molecular flexibility index (Phi) is 5.41. The summed E-state index contributed by atoms with van der Waals surface area (Å²) in [6.07, 6.45) is 1.28. The zero-order chi connectivity index (χ0) is 9.02. The van der Waals surface area contributed by atoms with E-state index in [0.717, 1.165) is 17.8 Å². The molecule has 0 aromatic heterocycles. The zero-order valence-corrected chi connectivity index (χ0v) is 9.98. The van der Waals surface area contributed by atoms with Crippen molar-refractivity contribution in [3.8, 4) is 0 Å². The van der Waals surface area contributed by atoms with Crippen molar-refractivity contribution in [2.24, 2.45) is 17.8 Å². The maximum absolute atomic E-state index is 3.77. The Labute approximate surface area is 79.9 Å². The van der Waals surface area contributed by atoms with Crippen LogP contribution in [0.1, 0.15) is 41.0 Å². The highest BCUT2D eigenvalue weighted by atomic mass is 79.9. The monoisotopic (exact) mass is 220 g/mol. The number of hydrogen-bond acceptors (Lipinski definition) is 0. The van der Waals surface area contributed by atoms with Crippen molar-refractivity contribution in [2.45, 2.75) is 45.9 Å². The highest BCUT2D eigenvalue weighted by molar-refractivity contribution is 9.09. The molecule has 68 valence electrons. The lowest BCUT2D eigenvalue weighted by atomic mass is 9.86. The predicted molar refractivity (Wildman–Crippen MR) is 56.2 cm³/mol. The Hall–Kier alpha value is 0.480. The predicted octanol–water partition coefficient (Wildman–Crippen LogP) is 4.09. The van der Waals surface area contributed by atoms with Gasteiger partial charge in [-0.1, -0.05) is 57.0 Å². The summed E-state index contributed by atoms with van der Waals surface area (Å²) in [6.45, 7) is 11.5. The van der Waals surface area contributed by atoms with E-state index in [0.29, 0.717) is 4.83 Å². The molecule has 0 aliphatic heterocycles. The molecule has 2 unspecified atom stereocenters. The van der Waals surface area contributed by atoms with Crippen LogP contribution in [0.5, 0.6) is 0 Å². The van der Waals surface area contributed by atoms with Gasteiger partial charge in [-0.3, -0.25) is 0 Å². The van der Waals surface area contributed by atoms with Crippen molar-refractivity contribution in [1.82, 2.24) is 0 Å². The summed E-state index contributed by atoms with van der Waals surface area (Å²) in [7, 11) is 0. The third-order valence-electron chi connectivity index (χ3n) is 2.37. The highest BCUT2D eigenvalue weighted by Crippen LogP contribution is 2.29. The average molecular weight is 221 g/mol. The largest absolute Gasteiger partial charge is 0.0885 e. The number of halogens is 1. The maximum Gasteiger partial charge on any atom is 0.0199 e. The first kappa shape index (κ1) is 11.5. The standard InChI is InChI=1S/C10H21Br/c1-6-9(7(2)3)10(11)8(4)5/h7-10H,6H2,1-5H3. The fraction of sp³-hybridized carbons (Fsp3) is 1.00. The second-order valence-electron chi connectivity index (χ2n) is 4.00. The van der Waals surface area contributed by atoms with E-state index in [9.17, 15) is 0 Å². The minimum absolute atomic E-state index is 0.687. The smallest absolute Gasteiger partial charge is 0.0199 e. The van der Waals surface area contributed by atoms with E-state index in [4.69, 9.17) is 0 Å². The molecule has 0 spiro atoms. The van der Waals surface area contributed by atoms with Crippen LogP contribution in [-0.4, -0.2) is 4.83 Å². The van der Waals surface area contributed by atoms with Crippen LogP contribution < -0.4 is 0 Å². The summed E-state index contributed by atoms with van der Waals surface area (Å²) in [6, 6.07) is 0. The molecule has 0 nitrogen and oxygen atoms in total. The molecule has 0 radical (unpaired) electrons. The third-order valence-corrected chi connectivity index (χ3v) is 4.11. The van der Waals surface area contributed by atoms with Crippen LogP contribution in [0, 0.1) is 17.8 Å². The molecule has 0 N–H and O–H groups in total. The molecule has 0 aromatic carbocycles. The lowest BCUT2D eigenvalue weighted by Crippen LogP contribution is -2.24. The summed E-state index contributed by atoms with van der Waals surface area (Å²) < 4.78 is 0. The third kappa shape index (κ3) is 3.59. The molecule has 2 atom stereocenters. The summed E-state index contributed by atoms with van der Waals surface area (Å²) in [5.74, 6) is 2.38. The van der Waals surface area contributed by atoms with Gasteiger partial charge in [-0.05, 0) is 17.8 Å². The minimum atomic E-state index is 0.687. The van der Waals surface area contributed by atoms with Crippen molar-refractivity contribution in [1.29, 1.82) is 0 Å². The SMILES string of the molecule is CCC(C(C)C)C(Br)C(C)C. The second-order valence-corrected chi connectivity index (χ2v) is 5.06. The van der Waals surface area contributed by atoms with E-state index >= 15 is 0 Å². The van der Waals surface area contributed by atoms with Gasteiger partial charge in [0.1, 0.15) is 0 Å². The fourth-order valence-corrected chi connectivity index (χ4v) is 2.54. The van der Waals surface area contributed by atoms with Crippen molar-refractivity contribution in [3.63, 3.8) is 0 Å². The highest BCUT2D eigenvalue weighted by Gasteiger charge is 2.22. The normalized spacial score (nSPS) is 17.5. The van der Waals surface area contributed by atoms with Gasteiger partial charge in [0.05, 0.1) is 0 Å². The van der Waals surface area contributed by atoms with Gasteiger partial charge in [0, 0.05) is 4.83 Å². The molecule has 0 saturated heterocycles. The molecular formula is C10H21Br. The maximum atomic E-state index is 3.77. The topological polar surface area (TPSA) is 0 Å². The van der Waals surface area contributed by atoms with Crippen LogP contribution in [0.2, 0.25) is 0 Å². The summed E-state index contributed by atoms with van der Waals surface area (Å²) in [4.78, 5) is 0.687. The average Bonchev–Trinajstić information content (AvgIpc) is 1.88. The molecule has 11 heavy (non-hydrogen) atoms. The molecule has 0 aliphatic rings. The summed E-state index contributed by atoms with van der Waals surface area (Å²) in [5.41, 5.74) is 0. The first-order chi connectivity index (χ1) is 5.00. The summed E-state index contributed by atoms with van der Waals surface area (Å²) in [5, 5.41) is 0. The molecule has 0 saturated carbocycles. The number of hydrogen-bond donors (Lipinski definition) is 0. The van der Waals surface area contributed by atoms with Gasteiger partial charge in [0.25, 0.3) is 0 Å². The summed E-state index contributed by atoms with van der Waals surface area (Å²) >= 11 is 3.77. The van der Waals surface area contributed by atoms with Crippen LogP contribution >= 0.6 is 15.9 Å². The van der Waals surface area contributed by atoms with Gasteiger partial charge >= 0.3 is 0 Å². The van der Waals surface area contributed by atoms with Crippen LogP contribution in [0.4, 0.5) is 0 Å². The van der Waals surface area contributed by atoms with Crippen LogP contribution in [-0.2, 0) is 0 Å². The van der Waals surface area contributed by atoms with Crippen molar-refractivity contribution in [2.75, 3.05) is 0 Å². The first-order valence-corrected chi connectivity index (χ1v) is 5.56. The van der Waals surface area contributed by atoms with Crippen LogP contribution in [0.25, 0.3) is 0 Å². The molecule has 1 heteroatoms. The van der Waals surface area contributed by atoms with Gasteiger partial charge < -0.3 is 0 Å². The molecule has 0 aliphatic carbocycles. The Morgan fingerprint density at radius 3 is 1.55 bits per heavy atom. The molecule has 0 rings (SSSR count). The quantitative estimate of drug-likeness (QED) is 0.627. The van der Waals surface area contributed by atoms with E-state index in [1.165, 1.54) is 6.42 Å². The number of alkyl halides is 1. The first-order valence-electron chi connectivity index (χ1n) is 4.64. The van der Waals surface area contributed by atoms with E-state index in [-0.39, 0.29) is 0 Å². The van der Waals surface area contributed by atoms with Crippen LogP contribution in [0.3, 0.4) is 0 Å². The van der Waals surface area contributed by atoms with Gasteiger partial charge in [0.2, 0.25) is 0 Å². The molecule has 0 bridgehead atoms. The van der Waals surface area contributed by atoms with E-state index < -0.39 is 0 Å². The van der Waals surface area contributed by atoms with E-state index in [1.807, 2.05) is 0 Å². The Balaban J connectivity index is 4.02. The Morgan fingerprint density at radius 2 is 1.45 bits per heavy atom. The van der Waals surface area contributed by atoms with Crippen molar-refractivity contribution >= 4 is 15.9 Å².